The molecule has 0 aliphatic carbocycles. The van der Waals surface area contributed by atoms with Crippen LogP contribution >= 0.6 is 11.3 Å². The average Bonchev–Trinajstić information content (AvgIpc) is 2.46. The Bertz CT molecular complexity index is 274. The minimum Gasteiger partial charge on any atom is -0.330 e. The van der Waals surface area contributed by atoms with Crippen molar-refractivity contribution in [3.63, 3.8) is 0 Å². The summed E-state index contributed by atoms with van der Waals surface area (Å²) in [5.74, 6) is 0.678. The maximum Gasteiger partial charge on any atom is 0.0300 e. The first-order valence-electron chi connectivity index (χ1n) is 5.60. The van der Waals surface area contributed by atoms with Gasteiger partial charge in [-0.1, -0.05) is 6.92 Å². The number of thiophene rings is 1. The monoisotopic (exact) mass is 226 g/mol. The van der Waals surface area contributed by atoms with Crippen molar-refractivity contribution in [2.24, 2.45) is 11.7 Å². The van der Waals surface area contributed by atoms with Crippen molar-refractivity contribution < 1.29 is 0 Å². The van der Waals surface area contributed by atoms with Crippen molar-refractivity contribution in [2.45, 2.75) is 33.7 Å². The molecule has 1 heterocycles. The van der Waals surface area contributed by atoms with Gasteiger partial charge in [-0.3, -0.25) is 0 Å². The molecule has 0 fully saturated rings. The number of aryl methyl sites for hydroxylation is 2. The van der Waals surface area contributed by atoms with E-state index in [1.165, 1.54) is 15.3 Å². The van der Waals surface area contributed by atoms with Crippen molar-refractivity contribution in [3.8, 4) is 0 Å². The molecule has 1 aromatic heterocycles. The highest BCUT2D eigenvalue weighted by Crippen LogP contribution is 2.20. The molecule has 0 saturated carbocycles. The van der Waals surface area contributed by atoms with Crippen molar-refractivity contribution >= 4 is 11.3 Å². The molecule has 0 saturated heterocycles. The standard InChI is InChI=1S/C12H22N2S/c1-9(4-5-13)7-14-8-12-6-10(2)11(3)15-12/h6,9,14H,4-5,7-8,13H2,1-3H3. The smallest absolute Gasteiger partial charge is 0.0300 e. The van der Waals surface area contributed by atoms with Gasteiger partial charge < -0.3 is 11.1 Å². The summed E-state index contributed by atoms with van der Waals surface area (Å²) in [6.07, 6.45) is 1.11. The van der Waals surface area contributed by atoms with Crippen molar-refractivity contribution in [3.05, 3.63) is 21.4 Å². The van der Waals surface area contributed by atoms with Crippen LogP contribution in [0.15, 0.2) is 6.07 Å². The van der Waals surface area contributed by atoms with Crippen LogP contribution in [0.5, 0.6) is 0 Å². The van der Waals surface area contributed by atoms with Gasteiger partial charge in [0.15, 0.2) is 0 Å². The van der Waals surface area contributed by atoms with Crippen LogP contribution in [0.1, 0.15) is 28.7 Å². The molecule has 0 amide bonds. The van der Waals surface area contributed by atoms with Gasteiger partial charge in [0.05, 0.1) is 0 Å². The second kappa shape index (κ2) is 6.26. The van der Waals surface area contributed by atoms with E-state index in [0.717, 1.165) is 26.1 Å². The van der Waals surface area contributed by atoms with Crippen LogP contribution in [-0.4, -0.2) is 13.1 Å². The van der Waals surface area contributed by atoms with Crippen LogP contribution in [-0.2, 0) is 6.54 Å². The number of rotatable bonds is 6. The molecule has 2 nitrogen and oxygen atoms in total. The Balaban J connectivity index is 2.25. The molecule has 3 heteroatoms. The topological polar surface area (TPSA) is 38.0 Å². The fourth-order valence-corrected chi connectivity index (χ4v) is 2.59. The highest BCUT2D eigenvalue weighted by Gasteiger charge is 2.03. The van der Waals surface area contributed by atoms with E-state index in [9.17, 15) is 0 Å². The molecular formula is C12H22N2S. The van der Waals surface area contributed by atoms with Crippen LogP contribution in [0, 0.1) is 19.8 Å². The first-order valence-corrected chi connectivity index (χ1v) is 6.41. The summed E-state index contributed by atoms with van der Waals surface area (Å²) in [7, 11) is 0. The van der Waals surface area contributed by atoms with Crippen molar-refractivity contribution in [1.82, 2.24) is 5.32 Å². The predicted octanol–water partition coefficient (Wildman–Crippen LogP) is 2.44. The van der Waals surface area contributed by atoms with E-state index in [2.05, 4.69) is 32.2 Å². The molecule has 86 valence electrons. The Hall–Kier alpha value is -0.380. The fraction of sp³-hybridized carbons (Fsp3) is 0.667. The molecule has 0 aliphatic heterocycles. The largest absolute Gasteiger partial charge is 0.330 e. The van der Waals surface area contributed by atoms with Gasteiger partial charge in [0, 0.05) is 16.3 Å². The van der Waals surface area contributed by atoms with Crippen LogP contribution in [0.2, 0.25) is 0 Å². The SMILES string of the molecule is Cc1cc(CNCC(C)CCN)sc1C. The van der Waals surface area contributed by atoms with E-state index in [-0.39, 0.29) is 0 Å². The Kier molecular flexibility index (Phi) is 5.29. The number of nitrogens with two attached hydrogens (primary N) is 1. The van der Waals surface area contributed by atoms with Gasteiger partial charge in [0.1, 0.15) is 0 Å². The number of hydrogen-bond donors (Lipinski definition) is 2. The molecule has 0 radical (unpaired) electrons. The van der Waals surface area contributed by atoms with Gasteiger partial charge in [-0.15, -0.1) is 11.3 Å². The second-order valence-corrected chi connectivity index (χ2v) is 5.61. The third-order valence-electron chi connectivity index (χ3n) is 2.67. The zero-order valence-electron chi connectivity index (χ0n) is 9.97. The Morgan fingerprint density at radius 1 is 1.47 bits per heavy atom. The maximum atomic E-state index is 5.51. The normalized spacial score (nSPS) is 13.1. The average molecular weight is 226 g/mol. The third kappa shape index (κ3) is 4.33. The summed E-state index contributed by atoms with van der Waals surface area (Å²) in [5.41, 5.74) is 6.92. The molecule has 15 heavy (non-hydrogen) atoms. The molecule has 0 spiro atoms. The molecule has 0 aliphatic rings. The quantitative estimate of drug-likeness (QED) is 0.782. The minimum absolute atomic E-state index is 0.678. The van der Waals surface area contributed by atoms with E-state index in [1.807, 2.05) is 11.3 Å². The highest BCUT2D eigenvalue weighted by molar-refractivity contribution is 7.12. The lowest BCUT2D eigenvalue weighted by Crippen LogP contribution is -2.22. The van der Waals surface area contributed by atoms with Gasteiger partial charge in [0.25, 0.3) is 0 Å². The zero-order chi connectivity index (χ0) is 11.3. The minimum atomic E-state index is 0.678. The summed E-state index contributed by atoms with van der Waals surface area (Å²) in [6.45, 7) is 9.44. The van der Waals surface area contributed by atoms with Gasteiger partial charge in [-0.25, -0.2) is 0 Å². The van der Waals surface area contributed by atoms with E-state index in [1.54, 1.807) is 0 Å². The Labute approximate surface area is 96.9 Å². The molecule has 1 aromatic rings. The Morgan fingerprint density at radius 3 is 2.73 bits per heavy atom. The van der Waals surface area contributed by atoms with E-state index < -0.39 is 0 Å². The molecule has 1 rings (SSSR count). The van der Waals surface area contributed by atoms with Gasteiger partial charge >= 0.3 is 0 Å². The van der Waals surface area contributed by atoms with E-state index in [0.29, 0.717) is 5.92 Å². The van der Waals surface area contributed by atoms with Gasteiger partial charge in [0.2, 0.25) is 0 Å². The Morgan fingerprint density at radius 2 is 2.20 bits per heavy atom. The van der Waals surface area contributed by atoms with Crippen LogP contribution in [0.25, 0.3) is 0 Å². The molecule has 3 N–H and O–H groups in total. The van der Waals surface area contributed by atoms with Crippen molar-refractivity contribution in [1.29, 1.82) is 0 Å². The number of nitrogens with one attached hydrogen (secondary N) is 1. The summed E-state index contributed by atoms with van der Waals surface area (Å²) in [4.78, 5) is 2.87. The summed E-state index contributed by atoms with van der Waals surface area (Å²) in [5, 5.41) is 3.48. The second-order valence-electron chi connectivity index (χ2n) is 4.27. The van der Waals surface area contributed by atoms with Gasteiger partial charge in [-0.05, 0) is 50.9 Å². The lowest BCUT2D eigenvalue weighted by molar-refractivity contribution is 0.488. The molecule has 1 atom stereocenters. The molecule has 1 unspecified atom stereocenters. The fourth-order valence-electron chi connectivity index (χ4n) is 1.57. The lowest BCUT2D eigenvalue weighted by atomic mass is 10.1. The van der Waals surface area contributed by atoms with E-state index in [4.69, 9.17) is 5.73 Å². The first-order chi connectivity index (χ1) is 7.13. The van der Waals surface area contributed by atoms with Crippen LogP contribution < -0.4 is 11.1 Å². The molecule has 0 aromatic carbocycles. The number of hydrogen-bond acceptors (Lipinski definition) is 3. The zero-order valence-corrected chi connectivity index (χ0v) is 10.8. The van der Waals surface area contributed by atoms with Gasteiger partial charge in [-0.2, -0.15) is 0 Å². The summed E-state index contributed by atoms with van der Waals surface area (Å²) in [6, 6.07) is 2.28. The van der Waals surface area contributed by atoms with Crippen LogP contribution in [0.3, 0.4) is 0 Å². The third-order valence-corrected chi connectivity index (χ3v) is 3.82. The summed E-state index contributed by atoms with van der Waals surface area (Å²) >= 11 is 1.89. The maximum absolute atomic E-state index is 5.51. The molecular weight excluding hydrogens is 204 g/mol. The summed E-state index contributed by atoms with van der Waals surface area (Å²) < 4.78 is 0. The lowest BCUT2D eigenvalue weighted by Gasteiger charge is -2.10. The van der Waals surface area contributed by atoms with Crippen LogP contribution in [0.4, 0.5) is 0 Å². The van der Waals surface area contributed by atoms with E-state index >= 15 is 0 Å². The molecule has 0 bridgehead atoms. The highest BCUT2D eigenvalue weighted by atomic mass is 32.1. The predicted molar refractivity (Wildman–Crippen MR) is 68.3 cm³/mol. The van der Waals surface area contributed by atoms with Crippen molar-refractivity contribution in [2.75, 3.05) is 13.1 Å². The first kappa shape index (κ1) is 12.7.